The molecule has 0 aromatic heterocycles. The van der Waals surface area contributed by atoms with Crippen LogP contribution in [0.4, 0.5) is 8.78 Å². The maximum atomic E-state index is 13.4. The molecule has 1 aromatic rings. The lowest BCUT2D eigenvalue weighted by molar-refractivity contribution is -0.122. The Balaban J connectivity index is 2.22. The standard InChI is InChI=1S/C13H12F2O2/c14-10-1-3-12(15)8(6-10)5-9-7-11(16)2-4-13(9)17/h1,3,6-7,9,16H,2,4-5H2. The molecule has 2 rings (SSSR count). The van der Waals surface area contributed by atoms with E-state index >= 15 is 0 Å². The number of ketones is 1. The van der Waals surface area contributed by atoms with E-state index < -0.39 is 17.6 Å². The maximum absolute atomic E-state index is 13.4. The van der Waals surface area contributed by atoms with Crippen molar-refractivity contribution in [3.63, 3.8) is 0 Å². The largest absolute Gasteiger partial charge is 0.513 e. The van der Waals surface area contributed by atoms with Crippen molar-refractivity contribution in [1.29, 1.82) is 0 Å². The van der Waals surface area contributed by atoms with Crippen molar-refractivity contribution < 1.29 is 18.7 Å². The minimum atomic E-state index is -0.556. The third kappa shape index (κ3) is 2.70. The molecule has 0 amide bonds. The number of aliphatic hydroxyl groups excluding tert-OH is 1. The van der Waals surface area contributed by atoms with Crippen LogP contribution in [0.25, 0.3) is 0 Å². The smallest absolute Gasteiger partial charge is 0.140 e. The van der Waals surface area contributed by atoms with Gasteiger partial charge in [-0.1, -0.05) is 0 Å². The van der Waals surface area contributed by atoms with E-state index in [9.17, 15) is 18.7 Å². The fourth-order valence-electron chi connectivity index (χ4n) is 1.95. The van der Waals surface area contributed by atoms with Gasteiger partial charge in [-0.15, -0.1) is 0 Å². The number of hydrogen-bond acceptors (Lipinski definition) is 2. The summed E-state index contributed by atoms with van der Waals surface area (Å²) in [5.74, 6) is -1.52. The molecular weight excluding hydrogens is 226 g/mol. The average Bonchev–Trinajstić information content (AvgIpc) is 2.28. The van der Waals surface area contributed by atoms with Crippen LogP contribution in [0.3, 0.4) is 0 Å². The third-order valence-electron chi connectivity index (χ3n) is 2.88. The van der Waals surface area contributed by atoms with E-state index in [0.717, 1.165) is 18.2 Å². The Morgan fingerprint density at radius 3 is 2.82 bits per heavy atom. The van der Waals surface area contributed by atoms with Crippen molar-refractivity contribution in [2.75, 3.05) is 0 Å². The van der Waals surface area contributed by atoms with E-state index in [1.807, 2.05) is 0 Å². The van der Waals surface area contributed by atoms with Crippen molar-refractivity contribution in [1.82, 2.24) is 0 Å². The van der Waals surface area contributed by atoms with Crippen LogP contribution in [0.5, 0.6) is 0 Å². The number of hydrogen-bond donors (Lipinski definition) is 1. The van der Waals surface area contributed by atoms with Crippen molar-refractivity contribution in [3.05, 3.63) is 47.2 Å². The highest BCUT2D eigenvalue weighted by Crippen LogP contribution is 2.23. The van der Waals surface area contributed by atoms with Gasteiger partial charge in [0.2, 0.25) is 0 Å². The molecule has 0 saturated heterocycles. The van der Waals surface area contributed by atoms with Crippen LogP contribution in [0, 0.1) is 17.6 Å². The zero-order valence-electron chi connectivity index (χ0n) is 9.12. The first kappa shape index (κ1) is 11.8. The number of rotatable bonds is 2. The van der Waals surface area contributed by atoms with Gasteiger partial charge in [0.25, 0.3) is 0 Å². The van der Waals surface area contributed by atoms with E-state index in [2.05, 4.69) is 0 Å². The first-order valence-electron chi connectivity index (χ1n) is 5.42. The van der Waals surface area contributed by atoms with Crippen molar-refractivity contribution in [2.45, 2.75) is 19.3 Å². The van der Waals surface area contributed by atoms with Gasteiger partial charge in [-0.05, 0) is 36.3 Å². The van der Waals surface area contributed by atoms with Crippen LogP contribution < -0.4 is 0 Å². The predicted octanol–water partition coefficient (Wildman–Crippen LogP) is 2.93. The van der Waals surface area contributed by atoms with E-state index in [0.29, 0.717) is 6.42 Å². The molecule has 0 radical (unpaired) electrons. The van der Waals surface area contributed by atoms with Crippen LogP contribution in [0.15, 0.2) is 30.0 Å². The van der Waals surface area contributed by atoms with Gasteiger partial charge in [-0.2, -0.15) is 0 Å². The summed E-state index contributed by atoms with van der Waals surface area (Å²) in [6.07, 6.45) is 2.10. The quantitative estimate of drug-likeness (QED) is 0.860. The number of benzene rings is 1. The van der Waals surface area contributed by atoms with Gasteiger partial charge in [0.05, 0.1) is 5.76 Å². The van der Waals surface area contributed by atoms with E-state index in [4.69, 9.17) is 0 Å². The predicted molar refractivity (Wildman–Crippen MR) is 58.5 cm³/mol. The number of Topliss-reactive ketones (excluding diaryl/α,β-unsaturated/α-hetero) is 1. The summed E-state index contributed by atoms with van der Waals surface area (Å²) >= 11 is 0. The van der Waals surface area contributed by atoms with Crippen LogP contribution in [0.2, 0.25) is 0 Å². The molecule has 0 saturated carbocycles. The van der Waals surface area contributed by atoms with Crippen LogP contribution in [-0.4, -0.2) is 10.9 Å². The Kier molecular flexibility index (Phi) is 3.22. The van der Waals surface area contributed by atoms with Crippen molar-refractivity contribution in [3.8, 4) is 0 Å². The molecule has 0 fully saturated rings. The molecule has 1 unspecified atom stereocenters. The first-order valence-corrected chi connectivity index (χ1v) is 5.42. The lowest BCUT2D eigenvalue weighted by Crippen LogP contribution is -2.20. The minimum absolute atomic E-state index is 0.0496. The molecule has 4 heteroatoms. The Morgan fingerprint density at radius 2 is 2.06 bits per heavy atom. The molecule has 90 valence electrons. The van der Waals surface area contributed by atoms with E-state index in [-0.39, 0.29) is 29.9 Å². The Hall–Kier alpha value is -1.71. The van der Waals surface area contributed by atoms with Crippen LogP contribution >= 0.6 is 0 Å². The van der Waals surface area contributed by atoms with Gasteiger partial charge in [0.15, 0.2) is 0 Å². The maximum Gasteiger partial charge on any atom is 0.140 e. The second-order valence-corrected chi connectivity index (χ2v) is 4.17. The molecule has 0 aliphatic heterocycles. The molecule has 1 aliphatic rings. The van der Waals surface area contributed by atoms with Gasteiger partial charge in [0, 0.05) is 18.8 Å². The van der Waals surface area contributed by atoms with E-state index in [1.54, 1.807) is 0 Å². The molecule has 17 heavy (non-hydrogen) atoms. The zero-order valence-corrected chi connectivity index (χ0v) is 9.12. The SMILES string of the molecule is O=C1CCC(O)=CC1Cc1cc(F)ccc1F. The molecule has 0 spiro atoms. The summed E-state index contributed by atoms with van der Waals surface area (Å²) in [5.41, 5.74) is 0.161. The topological polar surface area (TPSA) is 37.3 Å². The van der Waals surface area contributed by atoms with Gasteiger partial charge in [0.1, 0.15) is 17.4 Å². The molecule has 2 nitrogen and oxygen atoms in total. The second-order valence-electron chi connectivity index (χ2n) is 4.17. The Morgan fingerprint density at radius 1 is 1.29 bits per heavy atom. The van der Waals surface area contributed by atoms with Crippen LogP contribution in [-0.2, 0) is 11.2 Å². The number of halogens is 2. The molecule has 1 aromatic carbocycles. The number of allylic oxidation sites excluding steroid dienone is 2. The van der Waals surface area contributed by atoms with Crippen LogP contribution in [0.1, 0.15) is 18.4 Å². The highest BCUT2D eigenvalue weighted by Gasteiger charge is 2.23. The fourth-order valence-corrected chi connectivity index (χ4v) is 1.95. The molecule has 1 aliphatic carbocycles. The second kappa shape index (κ2) is 4.65. The highest BCUT2D eigenvalue weighted by molar-refractivity contribution is 5.84. The summed E-state index contributed by atoms with van der Waals surface area (Å²) in [5, 5.41) is 9.34. The van der Waals surface area contributed by atoms with Crippen molar-refractivity contribution >= 4 is 5.78 Å². The van der Waals surface area contributed by atoms with Gasteiger partial charge >= 0.3 is 0 Å². The average molecular weight is 238 g/mol. The molecule has 0 bridgehead atoms. The Bertz CT molecular complexity index is 480. The summed E-state index contributed by atoms with van der Waals surface area (Å²) < 4.78 is 26.3. The minimum Gasteiger partial charge on any atom is -0.513 e. The first-order chi connectivity index (χ1) is 8.06. The van der Waals surface area contributed by atoms with Crippen molar-refractivity contribution in [2.24, 2.45) is 5.92 Å². The number of aliphatic hydroxyl groups is 1. The monoisotopic (exact) mass is 238 g/mol. The number of carbonyl (C=O) groups is 1. The lowest BCUT2D eigenvalue weighted by Gasteiger charge is -2.17. The Labute approximate surface area is 97.6 Å². The zero-order chi connectivity index (χ0) is 12.4. The molecule has 0 heterocycles. The summed E-state index contributed by atoms with van der Waals surface area (Å²) in [4.78, 5) is 11.6. The van der Waals surface area contributed by atoms with E-state index in [1.165, 1.54) is 6.08 Å². The van der Waals surface area contributed by atoms with Gasteiger partial charge < -0.3 is 5.11 Å². The summed E-state index contributed by atoms with van der Waals surface area (Å²) in [6.45, 7) is 0. The molecular formula is C13H12F2O2. The molecule has 1 atom stereocenters. The summed E-state index contributed by atoms with van der Waals surface area (Å²) in [6, 6.07) is 3.17. The lowest BCUT2D eigenvalue weighted by atomic mass is 9.88. The van der Waals surface area contributed by atoms with Gasteiger partial charge in [-0.3, -0.25) is 4.79 Å². The normalized spacial score (nSPS) is 20.2. The fraction of sp³-hybridized carbons (Fsp3) is 0.308. The molecule has 1 N–H and O–H groups in total. The third-order valence-corrected chi connectivity index (χ3v) is 2.88. The highest BCUT2D eigenvalue weighted by atomic mass is 19.1. The number of carbonyl (C=O) groups excluding carboxylic acids is 1. The van der Waals surface area contributed by atoms with Gasteiger partial charge in [-0.25, -0.2) is 8.78 Å². The summed E-state index contributed by atoms with van der Waals surface area (Å²) in [7, 11) is 0.